The number of rotatable bonds is 3. The van der Waals surface area contributed by atoms with Gasteiger partial charge in [-0.25, -0.2) is 9.18 Å². The molecule has 0 heterocycles. The first kappa shape index (κ1) is 15.2. The minimum absolute atomic E-state index is 0.105. The van der Waals surface area contributed by atoms with Gasteiger partial charge >= 0.3 is 5.97 Å². The third-order valence-electron chi connectivity index (χ3n) is 2.85. The van der Waals surface area contributed by atoms with Crippen LogP contribution in [-0.2, 0) is 0 Å². The fraction of sp³-hybridized carbons (Fsp3) is 0.0667. The lowest BCUT2D eigenvalue weighted by molar-refractivity contribution is 0.0695. The molecule has 0 fully saturated rings. The Bertz CT molecular complexity index is 711. The molecule has 0 radical (unpaired) electrons. The minimum Gasteiger partial charge on any atom is -0.478 e. The molecule has 1 amide bonds. The number of halogens is 2. The maximum Gasteiger partial charge on any atom is 0.336 e. The summed E-state index contributed by atoms with van der Waals surface area (Å²) < 4.78 is 13.7. The number of carbonyl (C=O) groups excluding carboxylic acids is 1. The Labute approximate surface area is 128 Å². The van der Waals surface area contributed by atoms with E-state index in [1.165, 1.54) is 18.2 Å². The summed E-state index contributed by atoms with van der Waals surface area (Å²) in [6.45, 7) is 1.67. The molecule has 0 atom stereocenters. The van der Waals surface area contributed by atoms with Gasteiger partial charge in [0.25, 0.3) is 5.91 Å². The average Bonchev–Trinajstić information content (AvgIpc) is 2.39. The topological polar surface area (TPSA) is 66.4 Å². The van der Waals surface area contributed by atoms with Gasteiger partial charge in [0.15, 0.2) is 0 Å². The standard InChI is InChI=1S/C15H11BrFNO3/c1-8-2-3-12(7-13(8)15(20)21)18-14(19)9-4-10(16)6-11(17)5-9/h2-7H,1H3,(H,18,19)(H,20,21). The monoisotopic (exact) mass is 351 g/mol. The van der Waals surface area contributed by atoms with Crippen molar-refractivity contribution in [1.29, 1.82) is 0 Å². The number of carboxylic acid groups (broad SMARTS) is 1. The molecule has 0 aromatic heterocycles. The van der Waals surface area contributed by atoms with Crippen molar-refractivity contribution in [2.45, 2.75) is 6.92 Å². The number of anilines is 1. The van der Waals surface area contributed by atoms with Crippen LogP contribution in [0, 0.1) is 12.7 Å². The van der Waals surface area contributed by atoms with Crippen LogP contribution in [-0.4, -0.2) is 17.0 Å². The van der Waals surface area contributed by atoms with Gasteiger partial charge in [0.2, 0.25) is 0 Å². The molecule has 0 aliphatic heterocycles. The second-order valence-corrected chi connectivity index (χ2v) is 5.36. The lowest BCUT2D eigenvalue weighted by Gasteiger charge is -2.08. The molecular weight excluding hydrogens is 341 g/mol. The van der Waals surface area contributed by atoms with Crippen LogP contribution in [0.5, 0.6) is 0 Å². The quantitative estimate of drug-likeness (QED) is 0.882. The normalized spacial score (nSPS) is 10.2. The summed E-state index contributed by atoms with van der Waals surface area (Å²) in [5.41, 5.74) is 1.17. The number of amides is 1. The molecule has 0 saturated carbocycles. The first-order chi connectivity index (χ1) is 9.86. The van der Waals surface area contributed by atoms with Crippen molar-refractivity contribution >= 4 is 33.5 Å². The highest BCUT2D eigenvalue weighted by molar-refractivity contribution is 9.10. The molecule has 2 N–H and O–H groups in total. The van der Waals surface area contributed by atoms with Gasteiger partial charge in [-0.2, -0.15) is 0 Å². The summed E-state index contributed by atoms with van der Waals surface area (Å²) >= 11 is 3.11. The van der Waals surface area contributed by atoms with E-state index in [4.69, 9.17) is 5.11 Å². The van der Waals surface area contributed by atoms with Crippen molar-refractivity contribution in [3.63, 3.8) is 0 Å². The summed E-state index contributed by atoms with van der Waals surface area (Å²) in [5, 5.41) is 11.6. The zero-order valence-corrected chi connectivity index (χ0v) is 12.6. The van der Waals surface area contributed by atoms with Gasteiger partial charge in [0.1, 0.15) is 5.82 Å². The molecule has 0 unspecified atom stereocenters. The molecule has 2 aromatic rings. The molecule has 6 heteroatoms. The van der Waals surface area contributed by atoms with Crippen LogP contribution >= 0.6 is 15.9 Å². The maximum absolute atomic E-state index is 13.3. The van der Waals surface area contributed by atoms with E-state index < -0.39 is 17.7 Å². The third kappa shape index (κ3) is 3.66. The van der Waals surface area contributed by atoms with E-state index in [1.54, 1.807) is 19.1 Å². The van der Waals surface area contributed by atoms with Crippen LogP contribution in [0.2, 0.25) is 0 Å². The van der Waals surface area contributed by atoms with Gasteiger partial charge < -0.3 is 10.4 Å². The average molecular weight is 352 g/mol. The fourth-order valence-corrected chi connectivity index (χ4v) is 2.28. The van der Waals surface area contributed by atoms with Crippen molar-refractivity contribution < 1.29 is 19.1 Å². The third-order valence-corrected chi connectivity index (χ3v) is 3.31. The lowest BCUT2D eigenvalue weighted by Crippen LogP contribution is -2.13. The second kappa shape index (κ2) is 6.05. The molecular formula is C15H11BrFNO3. The van der Waals surface area contributed by atoms with E-state index in [2.05, 4.69) is 21.2 Å². The van der Waals surface area contributed by atoms with Gasteiger partial charge in [0, 0.05) is 15.7 Å². The number of hydrogen-bond donors (Lipinski definition) is 2. The predicted octanol–water partition coefficient (Wildman–Crippen LogP) is 3.85. The van der Waals surface area contributed by atoms with Crippen molar-refractivity contribution in [1.82, 2.24) is 0 Å². The number of aryl methyl sites for hydroxylation is 1. The van der Waals surface area contributed by atoms with Crippen molar-refractivity contribution in [2.24, 2.45) is 0 Å². The van der Waals surface area contributed by atoms with Crippen LogP contribution in [0.3, 0.4) is 0 Å². The van der Waals surface area contributed by atoms with E-state index in [9.17, 15) is 14.0 Å². The van der Waals surface area contributed by atoms with Crippen LogP contribution in [0.4, 0.5) is 10.1 Å². The Kier molecular flexibility index (Phi) is 4.37. The Balaban J connectivity index is 2.27. The summed E-state index contributed by atoms with van der Waals surface area (Å²) in [6.07, 6.45) is 0. The molecule has 0 aliphatic carbocycles. The van der Waals surface area contributed by atoms with E-state index >= 15 is 0 Å². The summed E-state index contributed by atoms with van der Waals surface area (Å²) in [5.74, 6) is -2.13. The number of nitrogens with one attached hydrogen (secondary N) is 1. The van der Waals surface area contributed by atoms with Crippen molar-refractivity contribution in [2.75, 3.05) is 5.32 Å². The molecule has 0 saturated heterocycles. The first-order valence-electron chi connectivity index (χ1n) is 5.98. The largest absolute Gasteiger partial charge is 0.478 e. The highest BCUT2D eigenvalue weighted by Crippen LogP contribution is 2.19. The zero-order chi connectivity index (χ0) is 15.6. The number of aromatic carboxylic acids is 1. The Morgan fingerprint density at radius 1 is 1.19 bits per heavy atom. The summed E-state index contributed by atoms with van der Waals surface area (Å²) in [4.78, 5) is 23.1. The highest BCUT2D eigenvalue weighted by atomic mass is 79.9. The van der Waals surface area contributed by atoms with Crippen molar-refractivity contribution in [3.8, 4) is 0 Å². The molecule has 2 aromatic carbocycles. The van der Waals surface area contributed by atoms with E-state index in [-0.39, 0.29) is 11.1 Å². The molecule has 21 heavy (non-hydrogen) atoms. The molecule has 0 bridgehead atoms. The zero-order valence-electron chi connectivity index (χ0n) is 11.0. The minimum atomic E-state index is -1.07. The lowest BCUT2D eigenvalue weighted by atomic mass is 10.1. The molecule has 108 valence electrons. The second-order valence-electron chi connectivity index (χ2n) is 4.45. The van der Waals surface area contributed by atoms with Crippen LogP contribution < -0.4 is 5.32 Å². The number of benzene rings is 2. The molecule has 2 rings (SSSR count). The number of carboxylic acids is 1. The van der Waals surface area contributed by atoms with Crippen LogP contribution in [0.25, 0.3) is 0 Å². The molecule has 0 aliphatic rings. The van der Waals surface area contributed by atoms with E-state index in [1.807, 2.05) is 0 Å². The molecule has 4 nitrogen and oxygen atoms in total. The van der Waals surface area contributed by atoms with Crippen LogP contribution in [0.15, 0.2) is 40.9 Å². The van der Waals surface area contributed by atoms with Crippen molar-refractivity contribution in [3.05, 3.63) is 63.4 Å². The molecule has 0 spiro atoms. The SMILES string of the molecule is Cc1ccc(NC(=O)c2cc(F)cc(Br)c2)cc1C(=O)O. The summed E-state index contributed by atoms with van der Waals surface area (Å²) in [7, 11) is 0. The van der Waals surface area contributed by atoms with Gasteiger partial charge in [-0.05, 0) is 42.8 Å². The van der Waals surface area contributed by atoms with Gasteiger partial charge in [-0.1, -0.05) is 22.0 Å². The predicted molar refractivity (Wildman–Crippen MR) is 80.2 cm³/mol. The summed E-state index contributed by atoms with van der Waals surface area (Å²) in [6, 6.07) is 8.38. The highest BCUT2D eigenvalue weighted by Gasteiger charge is 2.12. The first-order valence-corrected chi connectivity index (χ1v) is 6.77. The van der Waals surface area contributed by atoms with Crippen LogP contribution in [0.1, 0.15) is 26.3 Å². The Morgan fingerprint density at radius 2 is 1.90 bits per heavy atom. The number of carbonyl (C=O) groups is 2. The Morgan fingerprint density at radius 3 is 2.52 bits per heavy atom. The number of hydrogen-bond acceptors (Lipinski definition) is 2. The smallest absolute Gasteiger partial charge is 0.336 e. The fourth-order valence-electron chi connectivity index (χ4n) is 1.82. The maximum atomic E-state index is 13.3. The Hall–Kier alpha value is -2.21. The van der Waals surface area contributed by atoms with Gasteiger partial charge in [-0.3, -0.25) is 4.79 Å². The van der Waals surface area contributed by atoms with Gasteiger partial charge in [0.05, 0.1) is 5.56 Å². The van der Waals surface area contributed by atoms with Gasteiger partial charge in [-0.15, -0.1) is 0 Å². The van der Waals surface area contributed by atoms with E-state index in [0.717, 1.165) is 6.07 Å². The van der Waals surface area contributed by atoms with E-state index in [0.29, 0.717) is 15.7 Å².